The van der Waals surface area contributed by atoms with Crippen LogP contribution in [0.4, 0.5) is 0 Å². The molecule has 110 valence electrons. The Morgan fingerprint density at radius 3 is 2.38 bits per heavy atom. The molecular weight excluding hydrogens is 268 g/mol. The molecule has 21 heavy (non-hydrogen) atoms. The van der Waals surface area contributed by atoms with E-state index in [0.717, 1.165) is 5.69 Å². The first-order chi connectivity index (χ1) is 9.99. The van der Waals surface area contributed by atoms with Crippen LogP contribution in [0.2, 0.25) is 0 Å². The molecule has 1 heterocycles. The quantitative estimate of drug-likeness (QED) is 0.886. The highest BCUT2D eigenvalue weighted by Gasteiger charge is 2.23. The van der Waals surface area contributed by atoms with Crippen LogP contribution >= 0.6 is 0 Å². The van der Waals surface area contributed by atoms with Gasteiger partial charge in [0.15, 0.2) is 0 Å². The maximum atomic E-state index is 12.2. The highest BCUT2D eigenvalue weighted by atomic mass is 16.4. The zero-order chi connectivity index (χ0) is 15.4. The fourth-order valence-corrected chi connectivity index (χ4v) is 2.05. The summed E-state index contributed by atoms with van der Waals surface area (Å²) in [4.78, 5) is 23.3. The molecule has 1 aromatic heterocycles. The highest BCUT2D eigenvalue weighted by molar-refractivity contribution is 5.97. The van der Waals surface area contributed by atoms with Crippen molar-refractivity contribution in [2.75, 3.05) is 0 Å². The van der Waals surface area contributed by atoms with Crippen LogP contribution < -0.4 is 5.32 Å². The number of nitrogens with one attached hydrogen (secondary N) is 1. The number of carbonyl (C=O) groups is 2. The number of carboxylic acid groups (broad SMARTS) is 1. The fourth-order valence-electron chi connectivity index (χ4n) is 2.05. The summed E-state index contributed by atoms with van der Waals surface area (Å²) in [5, 5.41) is 11.7. The summed E-state index contributed by atoms with van der Waals surface area (Å²) < 4.78 is 1.88. The van der Waals surface area contributed by atoms with E-state index in [0.29, 0.717) is 5.56 Å². The van der Waals surface area contributed by atoms with E-state index in [4.69, 9.17) is 5.11 Å². The summed E-state index contributed by atoms with van der Waals surface area (Å²) in [6, 6.07) is 9.95. The first kappa shape index (κ1) is 14.8. The molecule has 2 rings (SSSR count). The number of benzene rings is 1. The van der Waals surface area contributed by atoms with Crippen molar-refractivity contribution in [1.82, 2.24) is 9.88 Å². The van der Waals surface area contributed by atoms with E-state index >= 15 is 0 Å². The molecule has 2 aromatic rings. The van der Waals surface area contributed by atoms with Gasteiger partial charge in [-0.25, -0.2) is 4.79 Å². The smallest absolute Gasteiger partial charge is 0.326 e. The summed E-state index contributed by atoms with van der Waals surface area (Å²) in [6.45, 7) is 3.52. The Balaban J connectivity index is 2.20. The van der Waals surface area contributed by atoms with Crippen LogP contribution in [0.15, 0.2) is 48.8 Å². The van der Waals surface area contributed by atoms with Crippen molar-refractivity contribution in [3.63, 3.8) is 0 Å². The van der Waals surface area contributed by atoms with Crippen LogP contribution in [0, 0.1) is 5.92 Å². The van der Waals surface area contributed by atoms with Gasteiger partial charge in [-0.3, -0.25) is 4.79 Å². The average Bonchev–Trinajstić information content (AvgIpc) is 2.98. The molecule has 1 aromatic carbocycles. The molecule has 2 N–H and O–H groups in total. The molecular formula is C16H18N2O3. The Labute approximate surface area is 123 Å². The standard InChI is InChI=1S/C16H18N2O3/c1-11(2)14(16(20)21)17-15(19)12-6-5-7-13(10-12)18-8-3-4-9-18/h3-11,14H,1-2H3,(H,17,19)(H,20,21)/t14-/m0/s1. The maximum Gasteiger partial charge on any atom is 0.326 e. The second-order valence-electron chi connectivity index (χ2n) is 5.17. The topological polar surface area (TPSA) is 71.3 Å². The zero-order valence-electron chi connectivity index (χ0n) is 12.0. The van der Waals surface area contributed by atoms with Crippen LogP contribution in [-0.4, -0.2) is 27.6 Å². The summed E-state index contributed by atoms with van der Waals surface area (Å²) in [7, 11) is 0. The minimum absolute atomic E-state index is 0.181. The molecule has 0 spiro atoms. The average molecular weight is 286 g/mol. The van der Waals surface area contributed by atoms with Crippen LogP contribution in [-0.2, 0) is 4.79 Å². The van der Waals surface area contributed by atoms with Crippen molar-refractivity contribution in [2.45, 2.75) is 19.9 Å². The Kier molecular flexibility index (Phi) is 4.42. The van der Waals surface area contributed by atoms with Crippen molar-refractivity contribution >= 4 is 11.9 Å². The van der Waals surface area contributed by atoms with Gasteiger partial charge in [-0.1, -0.05) is 19.9 Å². The summed E-state index contributed by atoms with van der Waals surface area (Å²) in [5.41, 5.74) is 1.29. The van der Waals surface area contributed by atoms with Gasteiger partial charge < -0.3 is 15.0 Å². The zero-order valence-corrected chi connectivity index (χ0v) is 12.0. The Morgan fingerprint density at radius 2 is 1.81 bits per heavy atom. The van der Waals surface area contributed by atoms with E-state index in [9.17, 15) is 9.59 Å². The predicted molar refractivity (Wildman–Crippen MR) is 79.5 cm³/mol. The number of hydrogen-bond donors (Lipinski definition) is 2. The summed E-state index contributed by atoms with van der Waals surface area (Å²) in [5.74, 6) is -1.59. The van der Waals surface area contributed by atoms with Crippen molar-refractivity contribution in [3.05, 3.63) is 54.4 Å². The number of rotatable bonds is 5. The summed E-state index contributed by atoms with van der Waals surface area (Å²) >= 11 is 0. The molecule has 0 bridgehead atoms. The van der Waals surface area contributed by atoms with Crippen LogP contribution in [0.5, 0.6) is 0 Å². The van der Waals surface area contributed by atoms with Gasteiger partial charge in [-0.2, -0.15) is 0 Å². The van der Waals surface area contributed by atoms with Gasteiger partial charge in [-0.05, 0) is 36.2 Å². The molecule has 0 radical (unpaired) electrons. The SMILES string of the molecule is CC(C)[C@H](NC(=O)c1cccc(-n2cccc2)c1)C(=O)O. The molecule has 0 aliphatic rings. The van der Waals surface area contributed by atoms with Gasteiger partial charge in [-0.15, -0.1) is 0 Å². The lowest BCUT2D eigenvalue weighted by Gasteiger charge is -2.18. The number of carbonyl (C=O) groups excluding carboxylic acids is 1. The number of amides is 1. The van der Waals surface area contributed by atoms with Crippen molar-refractivity contribution in [1.29, 1.82) is 0 Å². The Morgan fingerprint density at radius 1 is 1.14 bits per heavy atom. The van der Waals surface area contributed by atoms with E-state index in [1.807, 2.05) is 35.2 Å². The molecule has 0 aliphatic heterocycles. The van der Waals surface area contributed by atoms with E-state index in [2.05, 4.69) is 5.32 Å². The Bertz CT molecular complexity index is 633. The molecule has 5 heteroatoms. The van der Waals surface area contributed by atoms with Gasteiger partial charge in [0.1, 0.15) is 6.04 Å². The molecule has 5 nitrogen and oxygen atoms in total. The monoisotopic (exact) mass is 286 g/mol. The number of aliphatic carboxylic acids is 1. The molecule has 0 aliphatic carbocycles. The highest BCUT2D eigenvalue weighted by Crippen LogP contribution is 2.12. The van der Waals surface area contributed by atoms with Crippen LogP contribution in [0.3, 0.4) is 0 Å². The lowest BCUT2D eigenvalue weighted by Crippen LogP contribution is -2.44. The van der Waals surface area contributed by atoms with Crippen LogP contribution in [0.1, 0.15) is 24.2 Å². The number of nitrogens with zero attached hydrogens (tertiary/aromatic N) is 1. The predicted octanol–water partition coefficient (Wildman–Crippen LogP) is 2.32. The molecule has 1 amide bonds. The second kappa shape index (κ2) is 6.26. The Hall–Kier alpha value is -2.56. The molecule has 0 unspecified atom stereocenters. The largest absolute Gasteiger partial charge is 0.480 e. The van der Waals surface area contributed by atoms with Gasteiger partial charge in [0.05, 0.1) is 0 Å². The fraction of sp³-hybridized carbons (Fsp3) is 0.250. The normalized spacial score (nSPS) is 12.1. The molecule has 0 saturated heterocycles. The lowest BCUT2D eigenvalue weighted by atomic mass is 10.0. The maximum absolute atomic E-state index is 12.2. The second-order valence-corrected chi connectivity index (χ2v) is 5.17. The first-order valence-electron chi connectivity index (χ1n) is 6.76. The lowest BCUT2D eigenvalue weighted by molar-refractivity contribution is -0.140. The first-order valence-corrected chi connectivity index (χ1v) is 6.76. The molecule has 0 fully saturated rings. The van der Waals surface area contributed by atoms with E-state index in [-0.39, 0.29) is 11.8 Å². The van der Waals surface area contributed by atoms with Gasteiger partial charge in [0.2, 0.25) is 0 Å². The third kappa shape index (κ3) is 3.51. The molecule has 0 saturated carbocycles. The van der Waals surface area contributed by atoms with Crippen LogP contribution in [0.25, 0.3) is 5.69 Å². The van der Waals surface area contributed by atoms with E-state index < -0.39 is 12.0 Å². The van der Waals surface area contributed by atoms with E-state index in [1.165, 1.54) is 0 Å². The number of hydrogen-bond acceptors (Lipinski definition) is 2. The minimum atomic E-state index is -1.03. The number of carboxylic acids is 1. The van der Waals surface area contributed by atoms with Crippen molar-refractivity contribution in [2.24, 2.45) is 5.92 Å². The summed E-state index contributed by atoms with van der Waals surface area (Å²) in [6.07, 6.45) is 3.76. The third-order valence-electron chi connectivity index (χ3n) is 3.23. The van der Waals surface area contributed by atoms with Crippen molar-refractivity contribution < 1.29 is 14.7 Å². The van der Waals surface area contributed by atoms with Gasteiger partial charge >= 0.3 is 5.97 Å². The van der Waals surface area contributed by atoms with Gasteiger partial charge in [0.25, 0.3) is 5.91 Å². The number of aromatic nitrogens is 1. The minimum Gasteiger partial charge on any atom is -0.480 e. The van der Waals surface area contributed by atoms with Crippen molar-refractivity contribution in [3.8, 4) is 5.69 Å². The third-order valence-corrected chi connectivity index (χ3v) is 3.23. The van der Waals surface area contributed by atoms with E-state index in [1.54, 1.807) is 32.0 Å². The van der Waals surface area contributed by atoms with Gasteiger partial charge in [0, 0.05) is 23.6 Å². The molecule has 1 atom stereocenters.